The molecule has 0 spiro atoms. The maximum Gasteiger partial charge on any atom is 0.340 e. The molecule has 0 aliphatic heterocycles. The number of nitrogens with one attached hydrogen (secondary N) is 1. The number of amides is 1. The molecule has 0 aromatic heterocycles. The van der Waals surface area contributed by atoms with E-state index < -0.39 is 23.5 Å². The molecule has 0 heterocycles. The minimum absolute atomic E-state index is 0.210. The van der Waals surface area contributed by atoms with Gasteiger partial charge in [0, 0.05) is 0 Å². The zero-order valence-electron chi connectivity index (χ0n) is 13.0. The summed E-state index contributed by atoms with van der Waals surface area (Å²) in [5, 5.41) is 12.4. The van der Waals surface area contributed by atoms with E-state index in [0.717, 1.165) is 19.3 Å². The maximum atomic E-state index is 12.3. The summed E-state index contributed by atoms with van der Waals surface area (Å²) >= 11 is 5.94. The Labute approximate surface area is 140 Å². The Kier molecular flexibility index (Phi) is 5.62. The van der Waals surface area contributed by atoms with Crippen molar-refractivity contribution in [3.8, 4) is 6.07 Å². The third-order valence-corrected chi connectivity index (χ3v) is 4.36. The van der Waals surface area contributed by atoms with Crippen molar-refractivity contribution in [1.29, 1.82) is 5.26 Å². The summed E-state index contributed by atoms with van der Waals surface area (Å²) < 4.78 is 5.17. The summed E-state index contributed by atoms with van der Waals surface area (Å²) in [6.45, 7) is 1.48. The van der Waals surface area contributed by atoms with Crippen molar-refractivity contribution in [2.45, 2.75) is 50.7 Å². The molecule has 1 saturated carbocycles. The number of carbonyl (C=O) groups excluding carboxylic acids is 2. The molecular formula is C17H19ClN2O3. The molecule has 1 amide bonds. The van der Waals surface area contributed by atoms with Gasteiger partial charge in [-0.2, -0.15) is 5.26 Å². The van der Waals surface area contributed by atoms with Gasteiger partial charge in [-0.15, -0.1) is 0 Å². The highest BCUT2D eigenvalue weighted by atomic mass is 35.5. The molecule has 0 bridgehead atoms. The lowest BCUT2D eigenvalue weighted by Crippen LogP contribution is -2.52. The first-order valence-corrected chi connectivity index (χ1v) is 8.04. The monoisotopic (exact) mass is 334 g/mol. The van der Waals surface area contributed by atoms with Crippen LogP contribution in [0.25, 0.3) is 0 Å². The van der Waals surface area contributed by atoms with Crippen LogP contribution in [-0.4, -0.2) is 23.5 Å². The predicted molar refractivity (Wildman–Crippen MR) is 85.9 cm³/mol. The molecule has 1 aliphatic carbocycles. The van der Waals surface area contributed by atoms with E-state index in [0.29, 0.717) is 12.8 Å². The molecule has 5 nitrogen and oxygen atoms in total. The molecule has 1 aromatic carbocycles. The minimum Gasteiger partial charge on any atom is -0.449 e. The largest absolute Gasteiger partial charge is 0.449 e. The third kappa shape index (κ3) is 4.23. The van der Waals surface area contributed by atoms with E-state index >= 15 is 0 Å². The van der Waals surface area contributed by atoms with Crippen LogP contribution in [0, 0.1) is 11.3 Å². The van der Waals surface area contributed by atoms with Gasteiger partial charge in [-0.3, -0.25) is 4.79 Å². The first kappa shape index (κ1) is 17.3. The molecule has 0 saturated heterocycles. The number of hydrogen-bond donors (Lipinski definition) is 1. The second-order valence-corrected chi connectivity index (χ2v) is 6.18. The van der Waals surface area contributed by atoms with Gasteiger partial charge in [0.05, 0.1) is 16.7 Å². The molecule has 0 radical (unpaired) electrons. The summed E-state index contributed by atoms with van der Waals surface area (Å²) in [5.41, 5.74) is -0.637. The van der Waals surface area contributed by atoms with Gasteiger partial charge in [-0.25, -0.2) is 4.79 Å². The van der Waals surface area contributed by atoms with Gasteiger partial charge in [-0.1, -0.05) is 43.0 Å². The minimum atomic E-state index is -0.995. The van der Waals surface area contributed by atoms with E-state index in [-0.39, 0.29) is 10.6 Å². The summed E-state index contributed by atoms with van der Waals surface area (Å²) in [5.74, 6) is -1.12. The average Bonchev–Trinajstić information content (AvgIpc) is 2.55. The number of nitrogens with zero attached hydrogens (tertiary/aromatic N) is 1. The number of hydrogen-bond acceptors (Lipinski definition) is 4. The van der Waals surface area contributed by atoms with Crippen molar-refractivity contribution in [1.82, 2.24) is 5.32 Å². The van der Waals surface area contributed by atoms with Crippen molar-refractivity contribution >= 4 is 23.5 Å². The van der Waals surface area contributed by atoms with Crippen molar-refractivity contribution in [2.24, 2.45) is 0 Å². The van der Waals surface area contributed by atoms with Gasteiger partial charge >= 0.3 is 5.97 Å². The second kappa shape index (κ2) is 7.47. The molecule has 2 rings (SSSR count). The highest BCUT2D eigenvalue weighted by Gasteiger charge is 2.35. The van der Waals surface area contributed by atoms with Crippen molar-refractivity contribution < 1.29 is 14.3 Å². The van der Waals surface area contributed by atoms with Crippen LogP contribution in [0.4, 0.5) is 0 Å². The van der Waals surface area contributed by atoms with E-state index in [4.69, 9.17) is 16.3 Å². The fourth-order valence-electron chi connectivity index (χ4n) is 2.66. The first-order chi connectivity index (χ1) is 11.0. The quantitative estimate of drug-likeness (QED) is 0.857. The predicted octanol–water partition coefficient (Wildman–Crippen LogP) is 3.23. The Bertz CT molecular complexity index is 633. The number of rotatable bonds is 4. The Morgan fingerprint density at radius 2 is 1.96 bits per heavy atom. The van der Waals surface area contributed by atoms with Crippen LogP contribution in [0.2, 0.25) is 5.02 Å². The number of halogens is 1. The summed E-state index contributed by atoms with van der Waals surface area (Å²) in [6.07, 6.45) is 3.13. The maximum absolute atomic E-state index is 12.3. The Balaban J connectivity index is 1.99. The molecule has 122 valence electrons. The van der Waals surface area contributed by atoms with Gasteiger partial charge in [0.1, 0.15) is 5.54 Å². The number of esters is 1. The highest BCUT2D eigenvalue weighted by molar-refractivity contribution is 6.33. The number of benzene rings is 1. The first-order valence-electron chi connectivity index (χ1n) is 7.66. The van der Waals surface area contributed by atoms with Crippen LogP contribution < -0.4 is 5.32 Å². The van der Waals surface area contributed by atoms with E-state index in [1.54, 1.807) is 18.2 Å². The highest BCUT2D eigenvalue weighted by Crippen LogP contribution is 2.27. The van der Waals surface area contributed by atoms with Crippen LogP contribution in [0.15, 0.2) is 24.3 Å². The Morgan fingerprint density at radius 1 is 1.30 bits per heavy atom. The summed E-state index contributed by atoms with van der Waals surface area (Å²) in [7, 11) is 0. The molecule has 1 N–H and O–H groups in total. The Hall–Kier alpha value is -2.06. The van der Waals surface area contributed by atoms with Gasteiger partial charge < -0.3 is 10.1 Å². The lowest BCUT2D eigenvalue weighted by molar-refractivity contribution is -0.130. The van der Waals surface area contributed by atoms with E-state index in [9.17, 15) is 14.9 Å². The van der Waals surface area contributed by atoms with Crippen LogP contribution in [-0.2, 0) is 9.53 Å². The SMILES string of the molecule is C[C@H](OC(=O)c1ccccc1Cl)C(=O)NC1(C#N)CCCCC1. The normalized spacial score (nSPS) is 17.6. The van der Waals surface area contributed by atoms with Crippen molar-refractivity contribution in [3.63, 3.8) is 0 Å². The molecule has 1 aromatic rings. The van der Waals surface area contributed by atoms with Crippen molar-refractivity contribution in [2.75, 3.05) is 0 Å². The second-order valence-electron chi connectivity index (χ2n) is 5.77. The lowest BCUT2D eigenvalue weighted by Gasteiger charge is -2.32. The lowest BCUT2D eigenvalue weighted by atomic mass is 9.83. The molecule has 6 heteroatoms. The van der Waals surface area contributed by atoms with Crippen LogP contribution in [0.5, 0.6) is 0 Å². The summed E-state index contributed by atoms with van der Waals surface area (Å²) in [6, 6.07) is 8.69. The fourth-order valence-corrected chi connectivity index (χ4v) is 2.87. The zero-order chi connectivity index (χ0) is 16.9. The van der Waals surface area contributed by atoms with Crippen molar-refractivity contribution in [3.05, 3.63) is 34.9 Å². The molecular weight excluding hydrogens is 316 g/mol. The zero-order valence-corrected chi connectivity index (χ0v) is 13.7. The summed E-state index contributed by atoms with van der Waals surface area (Å²) in [4.78, 5) is 24.3. The Morgan fingerprint density at radius 3 is 2.57 bits per heavy atom. The third-order valence-electron chi connectivity index (χ3n) is 4.03. The van der Waals surface area contributed by atoms with Crippen LogP contribution >= 0.6 is 11.6 Å². The molecule has 23 heavy (non-hydrogen) atoms. The smallest absolute Gasteiger partial charge is 0.340 e. The van der Waals surface area contributed by atoms with E-state index in [1.165, 1.54) is 13.0 Å². The topological polar surface area (TPSA) is 79.2 Å². The van der Waals surface area contributed by atoms with Gasteiger partial charge in [0.2, 0.25) is 0 Å². The average molecular weight is 335 g/mol. The van der Waals surface area contributed by atoms with Gasteiger partial charge in [0.25, 0.3) is 5.91 Å². The van der Waals surface area contributed by atoms with Gasteiger partial charge in [0.15, 0.2) is 6.10 Å². The van der Waals surface area contributed by atoms with Crippen LogP contribution in [0.1, 0.15) is 49.4 Å². The molecule has 1 fully saturated rings. The number of carbonyl (C=O) groups is 2. The molecule has 1 aliphatic rings. The number of ether oxygens (including phenoxy) is 1. The molecule has 0 unspecified atom stereocenters. The van der Waals surface area contributed by atoms with E-state index in [1.807, 2.05) is 0 Å². The molecule has 1 atom stereocenters. The fraction of sp³-hybridized carbons (Fsp3) is 0.471. The van der Waals surface area contributed by atoms with Crippen LogP contribution in [0.3, 0.4) is 0 Å². The standard InChI is InChI=1S/C17H19ClN2O3/c1-12(23-16(22)13-7-3-4-8-14(13)18)15(21)20-17(11-19)9-5-2-6-10-17/h3-4,7-8,12H,2,5-6,9-10H2,1H3,(H,20,21)/t12-/m0/s1. The van der Waals surface area contributed by atoms with E-state index in [2.05, 4.69) is 11.4 Å². The van der Waals surface area contributed by atoms with Gasteiger partial charge in [-0.05, 0) is 31.9 Å². The number of nitriles is 1.